The molecule has 0 aliphatic heterocycles. The predicted octanol–water partition coefficient (Wildman–Crippen LogP) is 0.277. The summed E-state index contributed by atoms with van der Waals surface area (Å²) in [5.41, 5.74) is 5.54. The van der Waals surface area contributed by atoms with E-state index in [9.17, 15) is 0 Å². The van der Waals surface area contributed by atoms with Gasteiger partial charge in [0.2, 0.25) is 0 Å². The maximum absolute atomic E-state index is 8.57. The summed E-state index contributed by atoms with van der Waals surface area (Å²) in [5, 5.41) is 11.6. The number of aromatic nitrogens is 2. The van der Waals surface area contributed by atoms with Crippen molar-refractivity contribution >= 4 is 5.84 Å². The first-order valence-corrected chi connectivity index (χ1v) is 5.66. The van der Waals surface area contributed by atoms with E-state index < -0.39 is 0 Å². The summed E-state index contributed by atoms with van der Waals surface area (Å²) in [4.78, 5) is 6.42. The third-order valence-electron chi connectivity index (χ3n) is 2.84. The summed E-state index contributed by atoms with van der Waals surface area (Å²) in [6.45, 7) is 3.60. The van der Waals surface area contributed by atoms with Gasteiger partial charge in [-0.15, -0.1) is 0 Å². The van der Waals surface area contributed by atoms with Crippen molar-refractivity contribution in [2.75, 3.05) is 20.1 Å². The number of amidine groups is 1. The first-order valence-electron chi connectivity index (χ1n) is 5.66. The highest BCUT2D eigenvalue weighted by Gasteiger charge is 2.11. The minimum atomic E-state index is 0.0476. The summed E-state index contributed by atoms with van der Waals surface area (Å²) in [6, 6.07) is 0. The van der Waals surface area contributed by atoms with Crippen molar-refractivity contribution in [3.63, 3.8) is 0 Å². The van der Waals surface area contributed by atoms with Crippen molar-refractivity contribution in [2.24, 2.45) is 23.9 Å². The normalized spacial score (nSPS) is 14.2. The van der Waals surface area contributed by atoms with Gasteiger partial charge in [0.25, 0.3) is 0 Å². The molecule has 0 saturated carbocycles. The summed E-state index contributed by atoms with van der Waals surface area (Å²) < 4.78 is 2.01. The van der Waals surface area contributed by atoms with Crippen LogP contribution >= 0.6 is 0 Å². The second kappa shape index (κ2) is 6.24. The lowest BCUT2D eigenvalue weighted by molar-refractivity contribution is 0.295. The molecule has 1 unspecified atom stereocenters. The van der Waals surface area contributed by atoms with Gasteiger partial charge in [0.1, 0.15) is 11.7 Å². The second-order valence-corrected chi connectivity index (χ2v) is 4.39. The van der Waals surface area contributed by atoms with Gasteiger partial charge in [-0.1, -0.05) is 12.1 Å². The lowest BCUT2D eigenvalue weighted by Gasteiger charge is -2.20. The molecule has 0 aliphatic carbocycles. The molecule has 0 aliphatic rings. The lowest BCUT2D eigenvalue weighted by Crippen LogP contribution is -2.34. The molecule has 96 valence electrons. The summed E-state index contributed by atoms with van der Waals surface area (Å²) in [5.74, 6) is 1.38. The number of rotatable bonds is 6. The van der Waals surface area contributed by atoms with Crippen molar-refractivity contribution < 1.29 is 5.21 Å². The van der Waals surface area contributed by atoms with Gasteiger partial charge in [-0.05, 0) is 7.05 Å². The van der Waals surface area contributed by atoms with E-state index in [-0.39, 0.29) is 11.8 Å². The Morgan fingerprint density at radius 2 is 2.41 bits per heavy atom. The van der Waals surface area contributed by atoms with E-state index in [1.54, 1.807) is 6.20 Å². The van der Waals surface area contributed by atoms with Crippen molar-refractivity contribution in [3.8, 4) is 0 Å². The Hall–Kier alpha value is -1.56. The highest BCUT2D eigenvalue weighted by molar-refractivity contribution is 5.82. The maximum Gasteiger partial charge on any atom is 0.143 e. The molecule has 0 radical (unpaired) electrons. The smallest absolute Gasteiger partial charge is 0.143 e. The van der Waals surface area contributed by atoms with E-state index >= 15 is 0 Å². The van der Waals surface area contributed by atoms with Crippen molar-refractivity contribution in [1.29, 1.82) is 0 Å². The fourth-order valence-electron chi connectivity index (χ4n) is 1.68. The Balaban J connectivity index is 2.35. The number of nitrogens with zero attached hydrogens (tertiary/aromatic N) is 4. The number of imidazole rings is 1. The first-order chi connectivity index (χ1) is 8.04. The van der Waals surface area contributed by atoms with Gasteiger partial charge in [0.05, 0.1) is 0 Å². The molecule has 1 aromatic heterocycles. The van der Waals surface area contributed by atoms with Gasteiger partial charge in [-0.2, -0.15) is 0 Å². The van der Waals surface area contributed by atoms with Crippen LogP contribution in [-0.4, -0.2) is 45.6 Å². The number of oxime groups is 1. The number of likely N-dealkylation sites (N-methyl/N-ethyl adjacent to an activating group) is 1. The van der Waals surface area contributed by atoms with Crippen LogP contribution in [0.3, 0.4) is 0 Å². The van der Waals surface area contributed by atoms with E-state index in [0.29, 0.717) is 0 Å². The highest BCUT2D eigenvalue weighted by atomic mass is 16.4. The Labute approximate surface area is 102 Å². The molecule has 17 heavy (non-hydrogen) atoms. The molecular formula is C11H21N5O. The standard InChI is InChI=1S/C11H21N5O/c1-9(11(12)14-17)8-15(2)6-4-10-13-5-7-16(10)3/h5,7,9,17H,4,6,8H2,1-3H3,(H2,12,14). The van der Waals surface area contributed by atoms with E-state index in [1.165, 1.54) is 0 Å². The van der Waals surface area contributed by atoms with Crippen LogP contribution in [0, 0.1) is 5.92 Å². The lowest BCUT2D eigenvalue weighted by atomic mass is 10.1. The van der Waals surface area contributed by atoms with Crippen molar-refractivity contribution in [3.05, 3.63) is 18.2 Å². The SMILES string of the molecule is CC(CN(C)CCc1nccn1C)/C(N)=N/O. The quantitative estimate of drug-likeness (QED) is 0.323. The molecule has 3 N–H and O–H groups in total. The fraction of sp³-hybridized carbons (Fsp3) is 0.636. The van der Waals surface area contributed by atoms with Gasteiger partial charge in [-0.25, -0.2) is 4.98 Å². The molecule has 0 amide bonds. The van der Waals surface area contributed by atoms with Crippen LogP contribution in [0.5, 0.6) is 0 Å². The Morgan fingerprint density at radius 1 is 1.71 bits per heavy atom. The van der Waals surface area contributed by atoms with E-state index in [4.69, 9.17) is 10.9 Å². The molecule has 1 aromatic rings. The molecule has 0 aromatic carbocycles. The van der Waals surface area contributed by atoms with Gasteiger partial charge in [0, 0.05) is 44.9 Å². The average Bonchev–Trinajstić information content (AvgIpc) is 2.71. The minimum Gasteiger partial charge on any atom is -0.409 e. The Morgan fingerprint density at radius 3 is 2.94 bits per heavy atom. The molecule has 0 saturated heterocycles. The Kier molecular flexibility index (Phi) is 4.96. The second-order valence-electron chi connectivity index (χ2n) is 4.39. The third kappa shape index (κ3) is 4.07. The van der Waals surface area contributed by atoms with Crippen LogP contribution in [0.4, 0.5) is 0 Å². The number of hydrogen-bond acceptors (Lipinski definition) is 4. The van der Waals surface area contributed by atoms with Crippen LogP contribution in [0.25, 0.3) is 0 Å². The van der Waals surface area contributed by atoms with Crippen LogP contribution in [0.2, 0.25) is 0 Å². The predicted molar refractivity (Wildman–Crippen MR) is 67.0 cm³/mol. The average molecular weight is 239 g/mol. The van der Waals surface area contributed by atoms with E-state index in [0.717, 1.165) is 25.3 Å². The molecule has 0 bridgehead atoms. The molecule has 1 rings (SSSR count). The molecule has 6 heteroatoms. The van der Waals surface area contributed by atoms with Gasteiger partial charge >= 0.3 is 0 Å². The van der Waals surface area contributed by atoms with Gasteiger partial charge < -0.3 is 20.4 Å². The van der Waals surface area contributed by atoms with Crippen molar-refractivity contribution in [2.45, 2.75) is 13.3 Å². The van der Waals surface area contributed by atoms with Crippen LogP contribution in [-0.2, 0) is 13.5 Å². The third-order valence-corrected chi connectivity index (χ3v) is 2.84. The largest absolute Gasteiger partial charge is 0.409 e. The van der Waals surface area contributed by atoms with Crippen LogP contribution in [0.1, 0.15) is 12.7 Å². The Bertz CT molecular complexity index is 374. The van der Waals surface area contributed by atoms with E-state index in [1.807, 2.05) is 31.8 Å². The number of nitrogens with two attached hydrogens (primary N) is 1. The van der Waals surface area contributed by atoms with Crippen LogP contribution < -0.4 is 5.73 Å². The number of aryl methyl sites for hydroxylation is 1. The van der Waals surface area contributed by atoms with Crippen LogP contribution in [0.15, 0.2) is 17.5 Å². The first kappa shape index (κ1) is 13.5. The zero-order valence-electron chi connectivity index (χ0n) is 10.7. The topological polar surface area (TPSA) is 79.7 Å². The molecule has 6 nitrogen and oxygen atoms in total. The summed E-state index contributed by atoms with van der Waals surface area (Å²) in [7, 11) is 4.01. The number of hydrogen-bond donors (Lipinski definition) is 2. The fourth-order valence-corrected chi connectivity index (χ4v) is 1.68. The maximum atomic E-state index is 8.57. The minimum absolute atomic E-state index is 0.0476. The van der Waals surface area contributed by atoms with E-state index in [2.05, 4.69) is 15.0 Å². The zero-order chi connectivity index (χ0) is 12.8. The molecule has 1 heterocycles. The summed E-state index contributed by atoms with van der Waals surface area (Å²) in [6.07, 6.45) is 4.63. The van der Waals surface area contributed by atoms with Gasteiger partial charge in [-0.3, -0.25) is 0 Å². The highest BCUT2D eigenvalue weighted by Crippen LogP contribution is 2.01. The van der Waals surface area contributed by atoms with Gasteiger partial charge in [0.15, 0.2) is 0 Å². The van der Waals surface area contributed by atoms with Crippen molar-refractivity contribution in [1.82, 2.24) is 14.5 Å². The molecule has 0 fully saturated rings. The molecule has 0 spiro atoms. The molecule has 1 atom stereocenters. The zero-order valence-corrected chi connectivity index (χ0v) is 10.7. The summed E-state index contributed by atoms with van der Waals surface area (Å²) >= 11 is 0. The molecular weight excluding hydrogens is 218 g/mol. The monoisotopic (exact) mass is 239 g/mol.